The predicted octanol–water partition coefficient (Wildman–Crippen LogP) is 6.75. The normalized spacial score (nSPS) is 10.8. The molecule has 0 saturated carbocycles. The quantitative estimate of drug-likeness (QED) is 0.166. The topological polar surface area (TPSA) is 103 Å². The zero-order valence-corrected chi connectivity index (χ0v) is 20.3. The number of thioether (sulfide) groups is 1. The number of hydrogen-bond acceptors (Lipinski definition) is 10. The van der Waals surface area contributed by atoms with Crippen molar-refractivity contribution in [3.8, 4) is 23.0 Å². The number of aromatic nitrogens is 4. The van der Waals surface area contributed by atoms with Gasteiger partial charge in [-0.05, 0) is 60.7 Å². The first-order valence-corrected chi connectivity index (χ1v) is 12.5. The smallest absolute Gasteiger partial charge is 0.285 e. The zero-order valence-electron chi connectivity index (χ0n) is 17.9. The van der Waals surface area contributed by atoms with Gasteiger partial charge in [-0.1, -0.05) is 52.9 Å². The Bertz CT molecular complexity index is 1420. The van der Waals surface area contributed by atoms with Crippen molar-refractivity contribution >= 4 is 51.3 Å². The van der Waals surface area contributed by atoms with E-state index in [0.29, 0.717) is 20.1 Å². The summed E-state index contributed by atoms with van der Waals surface area (Å²) in [5, 5.41) is 20.5. The summed E-state index contributed by atoms with van der Waals surface area (Å²) in [5.41, 5.74) is 1.53. The Hall–Kier alpha value is -3.73. The second-order valence-corrected chi connectivity index (χ2v) is 9.71. The number of nitrogens with zero attached hydrogens (tertiary/aromatic N) is 4. The number of anilines is 2. The molecule has 0 spiro atoms. The molecule has 2 aromatic heterocycles. The predicted molar refractivity (Wildman–Crippen MR) is 136 cm³/mol. The molecule has 0 radical (unpaired) electrons. The van der Waals surface area contributed by atoms with Gasteiger partial charge in [0.25, 0.3) is 5.89 Å². The summed E-state index contributed by atoms with van der Waals surface area (Å²) in [6.45, 7) is 0. The highest BCUT2D eigenvalue weighted by atomic mass is 35.5. The van der Waals surface area contributed by atoms with E-state index in [2.05, 4.69) is 25.7 Å². The van der Waals surface area contributed by atoms with Gasteiger partial charge in [0.2, 0.25) is 16.8 Å². The second-order valence-electron chi connectivity index (χ2n) is 7.07. The highest BCUT2D eigenvalue weighted by Crippen LogP contribution is 2.30. The Balaban J connectivity index is 1.14. The molecule has 0 bridgehead atoms. The van der Waals surface area contributed by atoms with Crippen molar-refractivity contribution in [2.24, 2.45) is 0 Å². The molecule has 0 atom stereocenters. The van der Waals surface area contributed by atoms with E-state index in [1.165, 1.54) is 23.1 Å². The maximum Gasteiger partial charge on any atom is 0.285 e. The van der Waals surface area contributed by atoms with Crippen LogP contribution in [0.5, 0.6) is 11.5 Å². The number of ketones is 1. The number of carbonyl (C=O) groups excluding carboxylic acids is 1. The fourth-order valence-corrected chi connectivity index (χ4v) is 4.66. The van der Waals surface area contributed by atoms with E-state index in [9.17, 15) is 4.79 Å². The van der Waals surface area contributed by atoms with E-state index in [1.54, 1.807) is 24.3 Å². The number of rotatable bonds is 9. The standard InChI is InChI=1S/C24H16ClN5O3S2/c25-16-8-6-15(7-9-16)21-27-28-22(33-21)20(31)14-34-24-30-29-23(35-24)26-17-10-12-19(13-11-17)32-18-4-2-1-3-5-18/h1-13H,14H2,(H,26,29). The van der Waals surface area contributed by atoms with Crippen LogP contribution in [0.15, 0.2) is 87.6 Å². The molecule has 0 amide bonds. The molecule has 11 heteroatoms. The van der Waals surface area contributed by atoms with Gasteiger partial charge in [0.05, 0.1) is 5.75 Å². The zero-order chi connectivity index (χ0) is 24.0. The molecule has 174 valence electrons. The number of Topliss-reactive ketones (excluding diaryl/α,β-unsaturated/α-hetero) is 1. The van der Waals surface area contributed by atoms with Crippen LogP contribution in [0.2, 0.25) is 5.02 Å². The first-order valence-electron chi connectivity index (χ1n) is 10.3. The van der Waals surface area contributed by atoms with E-state index in [1.807, 2.05) is 54.6 Å². The lowest BCUT2D eigenvalue weighted by Crippen LogP contribution is -2.02. The molecule has 0 aliphatic carbocycles. The summed E-state index contributed by atoms with van der Waals surface area (Å²) in [4.78, 5) is 12.5. The number of para-hydroxylation sites is 1. The van der Waals surface area contributed by atoms with E-state index < -0.39 is 0 Å². The average Bonchev–Trinajstić information content (AvgIpc) is 3.55. The number of hydrogen-bond donors (Lipinski definition) is 1. The lowest BCUT2D eigenvalue weighted by atomic mass is 10.2. The summed E-state index contributed by atoms with van der Waals surface area (Å²) in [6, 6.07) is 24.0. The van der Waals surface area contributed by atoms with Crippen molar-refractivity contribution in [3.63, 3.8) is 0 Å². The van der Waals surface area contributed by atoms with E-state index in [0.717, 1.165) is 17.2 Å². The third kappa shape index (κ3) is 6.04. The van der Waals surface area contributed by atoms with Crippen molar-refractivity contribution in [2.75, 3.05) is 11.1 Å². The Kier molecular flexibility index (Phi) is 7.03. The summed E-state index contributed by atoms with van der Waals surface area (Å²) < 4.78 is 11.9. The van der Waals surface area contributed by atoms with Crippen LogP contribution < -0.4 is 10.1 Å². The minimum absolute atomic E-state index is 0.0527. The summed E-state index contributed by atoms with van der Waals surface area (Å²) in [6.07, 6.45) is 0. The van der Waals surface area contributed by atoms with E-state index >= 15 is 0 Å². The van der Waals surface area contributed by atoms with Crippen molar-refractivity contribution in [1.29, 1.82) is 0 Å². The number of ether oxygens (including phenoxy) is 1. The monoisotopic (exact) mass is 521 g/mol. The Morgan fingerprint density at radius 2 is 1.66 bits per heavy atom. The molecule has 0 fully saturated rings. The van der Waals surface area contributed by atoms with Crippen molar-refractivity contribution in [2.45, 2.75) is 4.34 Å². The first kappa shape index (κ1) is 23.0. The lowest BCUT2D eigenvalue weighted by molar-refractivity contribution is 0.0986. The van der Waals surface area contributed by atoms with Gasteiger partial charge in [-0.25, -0.2) is 0 Å². The number of benzene rings is 3. The highest BCUT2D eigenvalue weighted by Gasteiger charge is 2.17. The lowest BCUT2D eigenvalue weighted by Gasteiger charge is -2.06. The molecular formula is C24H16ClN5O3S2. The van der Waals surface area contributed by atoms with Gasteiger partial charge in [-0.15, -0.1) is 20.4 Å². The molecule has 5 rings (SSSR count). The molecule has 1 N–H and O–H groups in total. The Morgan fingerprint density at radius 1 is 0.914 bits per heavy atom. The van der Waals surface area contributed by atoms with Crippen molar-refractivity contribution < 1.29 is 13.9 Å². The minimum Gasteiger partial charge on any atom is -0.457 e. The molecule has 0 aliphatic rings. The Labute approximate surface area is 213 Å². The van der Waals surface area contributed by atoms with Crippen molar-refractivity contribution in [1.82, 2.24) is 20.4 Å². The third-order valence-corrected chi connectivity index (χ3v) is 6.80. The van der Waals surface area contributed by atoms with Gasteiger partial charge < -0.3 is 14.5 Å². The molecular weight excluding hydrogens is 506 g/mol. The minimum atomic E-state index is -0.290. The fourth-order valence-electron chi connectivity index (χ4n) is 2.91. The molecule has 0 unspecified atom stereocenters. The molecule has 35 heavy (non-hydrogen) atoms. The molecule has 0 aliphatic heterocycles. The van der Waals surface area contributed by atoms with Crippen LogP contribution in [0.25, 0.3) is 11.5 Å². The number of nitrogens with one attached hydrogen (secondary N) is 1. The van der Waals surface area contributed by atoms with Crippen LogP contribution in [0.4, 0.5) is 10.8 Å². The van der Waals surface area contributed by atoms with Crippen LogP contribution in [-0.4, -0.2) is 31.9 Å². The van der Waals surface area contributed by atoms with Gasteiger partial charge in [0.15, 0.2) is 4.34 Å². The molecule has 5 aromatic rings. The average molecular weight is 522 g/mol. The second kappa shape index (κ2) is 10.7. The molecule has 0 saturated heterocycles. The maximum atomic E-state index is 12.5. The number of halogens is 1. The maximum absolute atomic E-state index is 12.5. The van der Waals surface area contributed by atoms with Gasteiger partial charge >= 0.3 is 0 Å². The molecule has 2 heterocycles. The summed E-state index contributed by atoms with van der Waals surface area (Å²) >= 11 is 8.49. The highest BCUT2D eigenvalue weighted by molar-refractivity contribution is 8.01. The van der Waals surface area contributed by atoms with E-state index in [-0.39, 0.29) is 23.3 Å². The summed E-state index contributed by atoms with van der Waals surface area (Å²) in [7, 11) is 0. The van der Waals surface area contributed by atoms with E-state index in [4.69, 9.17) is 20.8 Å². The molecule has 8 nitrogen and oxygen atoms in total. The number of carbonyl (C=O) groups is 1. The largest absolute Gasteiger partial charge is 0.457 e. The van der Waals surface area contributed by atoms with Crippen LogP contribution in [-0.2, 0) is 0 Å². The van der Waals surface area contributed by atoms with Gasteiger partial charge in [-0.2, -0.15) is 0 Å². The van der Waals surface area contributed by atoms with Gasteiger partial charge in [0, 0.05) is 16.3 Å². The van der Waals surface area contributed by atoms with Crippen molar-refractivity contribution in [3.05, 3.63) is 89.8 Å². The third-order valence-electron chi connectivity index (χ3n) is 4.57. The SMILES string of the molecule is O=C(CSc1nnc(Nc2ccc(Oc3ccccc3)cc2)s1)c1nnc(-c2ccc(Cl)cc2)o1. The van der Waals surface area contributed by atoms with Crippen LogP contribution in [0, 0.1) is 0 Å². The Morgan fingerprint density at radius 3 is 2.43 bits per heavy atom. The van der Waals surface area contributed by atoms with Crippen LogP contribution in [0.1, 0.15) is 10.7 Å². The fraction of sp³-hybridized carbons (Fsp3) is 0.0417. The molecule has 3 aromatic carbocycles. The van der Waals surface area contributed by atoms with Gasteiger partial charge in [-0.3, -0.25) is 4.79 Å². The van der Waals surface area contributed by atoms with Gasteiger partial charge in [0.1, 0.15) is 11.5 Å². The van der Waals surface area contributed by atoms with Crippen LogP contribution >= 0.6 is 34.7 Å². The van der Waals surface area contributed by atoms with Crippen LogP contribution in [0.3, 0.4) is 0 Å². The first-order chi connectivity index (χ1) is 17.1. The summed E-state index contributed by atoms with van der Waals surface area (Å²) in [5.74, 6) is 1.52.